The van der Waals surface area contributed by atoms with Crippen molar-refractivity contribution in [2.75, 3.05) is 18.2 Å². The first-order valence-electron chi connectivity index (χ1n) is 10.5. The molecule has 1 N–H and O–H groups in total. The Labute approximate surface area is 203 Å². The van der Waals surface area contributed by atoms with E-state index in [0.29, 0.717) is 11.4 Å². The highest BCUT2D eigenvalue weighted by molar-refractivity contribution is 8.14. The van der Waals surface area contributed by atoms with E-state index < -0.39 is 0 Å². The molecule has 168 valence electrons. The monoisotopic (exact) mass is 477 g/mol. The topological polar surface area (TPSA) is 63.0 Å². The molecular weight excluding hydrogens is 454 g/mol. The van der Waals surface area contributed by atoms with Crippen LogP contribution in [-0.4, -0.2) is 29.5 Å². The van der Waals surface area contributed by atoms with Crippen LogP contribution in [0.4, 0.5) is 17.1 Å². The van der Waals surface area contributed by atoms with Gasteiger partial charge < -0.3 is 10.1 Å². The Morgan fingerprint density at radius 1 is 1.00 bits per heavy atom. The summed E-state index contributed by atoms with van der Waals surface area (Å²) in [5, 5.41) is 4.44. The molecule has 0 fully saturated rings. The van der Waals surface area contributed by atoms with E-state index in [9.17, 15) is 4.79 Å². The molecule has 0 atom stereocenters. The lowest BCUT2D eigenvalue weighted by Gasteiger charge is -2.09. The average molecular weight is 478 g/mol. The third kappa shape index (κ3) is 5.83. The van der Waals surface area contributed by atoms with E-state index in [1.54, 1.807) is 7.11 Å². The molecule has 1 aliphatic heterocycles. The molecule has 0 aromatic heterocycles. The van der Waals surface area contributed by atoms with Gasteiger partial charge in [0.05, 0.1) is 35.0 Å². The second kappa shape index (κ2) is 10.2. The van der Waals surface area contributed by atoms with Gasteiger partial charge in [0.1, 0.15) is 5.75 Å². The first-order valence-corrected chi connectivity index (χ1v) is 11.9. The summed E-state index contributed by atoms with van der Waals surface area (Å²) >= 11 is 7.51. The number of nitrogens with zero attached hydrogens (tertiary/aromatic N) is 2. The first kappa shape index (κ1) is 23.1. The van der Waals surface area contributed by atoms with Gasteiger partial charge in [-0.15, -0.1) is 11.8 Å². The van der Waals surface area contributed by atoms with Crippen molar-refractivity contribution in [2.24, 2.45) is 9.98 Å². The van der Waals surface area contributed by atoms with Gasteiger partial charge in [0.25, 0.3) is 0 Å². The molecule has 0 bridgehead atoms. The number of aryl methyl sites for hydroxylation is 2. The number of hydrogen-bond acceptors (Lipinski definition) is 5. The molecule has 0 radical (unpaired) electrons. The number of rotatable bonds is 5. The zero-order valence-corrected chi connectivity index (χ0v) is 20.3. The molecule has 1 heterocycles. The van der Waals surface area contributed by atoms with Gasteiger partial charge in [-0.3, -0.25) is 9.79 Å². The third-order valence-electron chi connectivity index (χ3n) is 5.33. The molecule has 1 aliphatic rings. The van der Waals surface area contributed by atoms with Crippen molar-refractivity contribution in [2.45, 2.75) is 20.3 Å². The number of ether oxygens (including phenoxy) is 1. The van der Waals surface area contributed by atoms with Crippen molar-refractivity contribution < 1.29 is 9.53 Å². The largest absolute Gasteiger partial charge is 0.497 e. The van der Waals surface area contributed by atoms with Gasteiger partial charge in [-0.05, 0) is 79.1 Å². The average Bonchev–Trinajstić information content (AvgIpc) is 2.98. The summed E-state index contributed by atoms with van der Waals surface area (Å²) in [5.74, 6) is 0.898. The molecule has 3 aromatic rings. The Morgan fingerprint density at radius 2 is 1.64 bits per heavy atom. The highest BCUT2D eigenvalue weighted by Crippen LogP contribution is 2.36. The van der Waals surface area contributed by atoms with Crippen molar-refractivity contribution in [3.63, 3.8) is 0 Å². The number of halogens is 1. The number of thioether (sulfide) groups is 1. The molecule has 0 unspecified atom stereocenters. The minimum absolute atomic E-state index is 0.0950. The second-order valence-electron chi connectivity index (χ2n) is 7.74. The van der Waals surface area contributed by atoms with Crippen LogP contribution in [0.25, 0.3) is 0 Å². The van der Waals surface area contributed by atoms with Gasteiger partial charge >= 0.3 is 0 Å². The van der Waals surface area contributed by atoms with Crippen LogP contribution in [0.2, 0.25) is 5.02 Å². The molecule has 0 saturated carbocycles. The van der Waals surface area contributed by atoms with Crippen molar-refractivity contribution in [3.8, 4) is 5.75 Å². The zero-order valence-electron chi connectivity index (χ0n) is 18.7. The molecule has 1 amide bonds. The Morgan fingerprint density at radius 3 is 2.27 bits per heavy atom. The number of carbonyl (C=O) groups excluding carboxylic acids is 1. The van der Waals surface area contributed by atoms with E-state index >= 15 is 0 Å². The number of anilines is 1. The van der Waals surface area contributed by atoms with Crippen LogP contribution >= 0.6 is 23.4 Å². The third-order valence-corrected chi connectivity index (χ3v) is 6.56. The van der Waals surface area contributed by atoms with E-state index in [-0.39, 0.29) is 11.7 Å². The predicted octanol–water partition coefficient (Wildman–Crippen LogP) is 6.89. The summed E-state index contributed by atoms with van der Waals surface area (Å²) in [7, 11) is 1.61. The summed E-state index contributed by atoms with van der Waals surface area (Å²) in [6.45, 7) is 4.13. The summed E-state index contributed by atoms with van der Waals surface area (Å²) < 4.78 is 5.16. The van der Waals surface area contributed by atoms with Gasteiger partial charge in [0.2, 0.25) is 5.91 Å². The number of carbonyl (C=O) groups is 1. The molecule has 0 spiro atoms. The maximum Gasteiger partial charge on any atom is 0.234 e. The minimum atomic E-state index is -0.0950. The standard InChI is InChI=1S/C26H24ClN3O2S/c1-16-12-23-24(13-17(16)2)30-26(14-22(29-23)18-4-6-19(27)7-5-18)33-15-25(31)28-20-8-10-21(32-3)11-9-20/h4-13H,14-15H2,1-3H3,(H,28,31). The zero-order chi connectivity index (χ0) is 23.4. The SMILES string of the molecule is COc1ccc(NC(=O)CSC2=Nc3cc(C)c(C)cc3N=C(c3ccc(Cl)cc3)C2)cc1. The van der Waals surface area contributed by atoms with Crippen LogP contribution in [0.5, 0.6) is 5.75 Å². The fraction of sp³-hybridized carbons (Fsp3) is 0.192. The summed E-state index contributed by atoms with van der Waals surface area (Å²) in [4.78, 5) is 22.4. The second-order valence-corrected chi connectivity index (χ2v) is 9.22. The van der Waals surface area contributed by atoms with Crippen molar-refractivity contribution in [3.05, 3.63) is 82.4 Å². The quantitative estimate of drug-likeness (QED) is 0.435. The number of nitrogens with one attached hydrogen (secondary N) is 1. The molecule has 5 nitrogen and oxygen atoms in total. The Kier molecular flexibility index (Phi) is 7.16. The van der Waals surface area contributed by atoms with Gasteiger partial charge in [-0.1, -0.05) is 23.7 Å². The van der Waals surface area contributed by atoms with Crippen LogP contribution in [0.1, 0.15) is 23.1 Å². The number of fused-ring (bicyclic) bond motifs is 1. The molecule has 7 heteroatoms. The van der Waals surface area contributed by atoms with E-state index in [0.717, 1.165) is 50.3 Å². The lowest BCUT2D eigenvalue weighted by atomic mass is 10.1. The van der Waals surface area contributed by atoms with Crippen LogP contribution in [-0.2, 0) is 4.79 Å². The normalized spacial score (nSPS) is 12.8. The summed E-state index contributed by atoms with van der Waals surface area (Å²) in [6, 6.07) is 19.0. The Hall–Kier alpha value is -3.09. The molecular formula is C26H24ClN3O2S. The Balaban J connectivity index is 1.55. The highest BCUT2D eigenvalue weighted by Gasteiger charge is 2.18. The van der Waals surface area contributed by atoms with Crippen LogP contribution < -0.4 is 10.1 Å². The Bertz CT molecular complexity index is 1240. The van der Waals surface area contributed by atoms with Crippen LogP contribution in [0.3, 0.4) is 0 Å². The van der Waals surface area contributed by atoms with Gasteiger partial charge in [-0.2, -0.15) is 0 Å². The fourth-order valence-corrected chi connectivity index (χ4v) is 4.28. The van der Waals surface area contributed by atoms with E-state index in [4.69, 9.17) is 26.3 Å². The fourth-order valence-electron chi connectivity index (χ4n) is 3.38. The van der Waals surface area contributed by atoms with Gasteiger partial charge in [0.15, 0.2) is 0 Å². The molecule has 0 aliphatic carbocycles. The van der Waals surface area contributed by atoms with Crippen LogP contribution in [0, 0.1) is 13.8 Å². The van der Waals surface area contributed by atoms with Gasteiger partial charge in [-0.25, -0.2) is 4.99 Å². The minimum Gasteiger partial charge on any atom is -0.497 e. The number of amides is 1. The summed E-state index contributed by atoms with van der Waals surface area (Å²) in [6.07, 6.45) is 0.537. The van der Waals surface area contributed by atoms with Gasteiger partial charge in [0, 0.05) is 17.1 Å². The number of benzene rings is 3. The number of hydrogen-bond donors (Lipinski definition) is 1. The predicted molar refractivity (Wildman–Crippen MR) is 139 cm³/mol. The first-order chi connectivity index (χ1) is 15.9. The molecule has 0 saturated heterocycles. The van der Waals surface area contributed by atoms with E-state index in [1.165, 1.54) is 11.8 Å². The summed E-state index contributed by atoms with van der Waals surface area (Å²) in [5.41, 5.74) is 6.59. The smallest absolute Gasteiger partial charge is 0.234 e. The van der Waals surface area contributed by atoms with E-state index in [1.807, 2.05) is 48.5 Å². The van der Waals surface area contributed by atoms with Crippen molar-refractivity contribution >= 4 is 57.1 Å². The molecule has 3 aromatic carbocycles. The van der Waals surface area contributed by atoms with Crippen LogP contribution in [0.15, 0.2) is 70.6 Å². The lowest BCUT2D eigenvalue weighted by Crippen LogP contribution is -2.16. The maximum atomic E-state index is 12.6. The number of methoxy groups -OCH3 is 1. The van der Waals surface area contributed by atoms with E-state index in [2.05, 4.69) is 31.3 Å². The maximum absolute atomic E-state index is 12.6. The highest BCUT2D eigenvalue weighted by atomic mass is 35.5. The van der Waals surface area contributed by atoms with Crippen molar-refractivity contribution in [1.29, 1.82) is 0 Å². The molecule has 4 rings (SSSR count). The lowest BCUT2D eigenvalue weighted by molar-refractivity contribution is -0.113. The number of aliphatic imine (C=N–C) groups is 2. The molecule has 33 heavy (non-hydrogen) atoms. The van der Waals surface area contributed by atoms with Crippen molar-refractivity contribution in [1.82, 2.24) is 0 Å².